The Hall–Kier alpha value is -3.83. The molecule has 23 heteroatoms. The molecule has 0 bridgehead atoms. The van der Waals surface area contributed by atoms with Gasteiger partial charge in [0.15, 0.2) is 24.4 Å². The Bertz CT molecular complexity index is 2060. The van der Waals surface area contributed by atoms with Crippen molar-refractivity contribution in [2.75, 3.05) is 6.61 Å². The highest BCUT2D eigenvalue weighted by atomic mass is 16.8. The first kappa shape index (κ1) is 46.2. The Labute approximate surface area is 350 Å². The molecule has 4 saturated heterocycles. The molecule has 344 valence electrons. The SMILES string of the molecule is C[C@@H]1O[C@H](OC2[C@H](Oc3c(-c4ccc(O)cc4)oc4cc(O[C@@H]5O[C@H](C)[C@H](O)C(O)[C@@H]5O)cc(O)c4c3=O)O[C@@H](CO[C@@H]3O[C@H](C)[C@H](O)C(O)[C@@H]3O)C(O)[C@@H]2O)[C@H](O)C(O)[C@@H]1O. The second-order valence-corrected chi connectivity index (χ2v) is 15.7. The lowest BCUT2D eigenvalue weighted by Gasteiger charge is -2.46. The third-order valence-electron chi connectivity index (χ3n) is 11.3. The molecule has 4 aliphatic heterocycles. The lowest BCUT2D eigenvalue weighted by molar-refractivity contribution is -0.360. The van der Waals surface area contributed by atoms with Gasteiger partial charge in [-0.15, -0.1) is 0 Å². The average Bonchev–Trinajstić information content (AvgIpc) is 3.24. The smallest absolute Gasteiger partial charge is 0.239 e. The number of aliphatic hydroxyl groups is 11. The van der Waals surface area contributed by atoms with Crippen LogP contribution in [0.25, 0.3) is 22.3 Å². The van der Waals surface area contributed by atoms with Crippen molar-refractivity contribution < 1.29 is 109 Å². The highest BCUT2D eigenvalue weighted by Gasteiger charge is 2.52. The van der Waals surface area contributed by atoms with Gasteiger partial charge in [-0.1, -0.05) is 0 Å². The number of rotatable bonds is 10. The summed E-state index contributed by atoms with van der Waals surface area (Å²) in [5.74, 6) is -2.31. The zero-order valence-corrected chi connectivity index (χ0v) is 33.1. The number of ether oxygens (including phenoxy) is 8. The summed E-state index contributed by atoms with van der Waals surface area (Å²) in [5.41, 5.74) is -1.36. The predicted molar refractivity (Wildman–Crippen MR) is 201 cm³/mol. The van der Waals surface area contributed by atoms with E-state index in [1.54, 1.807) is 0 Å². The van der Waals surface area contributed by atoms with Gasteiger partial charge in [0.25, 0.3) is 0 Å². The second-order valence-electron chi connectivity index (χ2n) is 15.7. The largest absolute Gasteiger partial charge is 0.508 e. The maximum Gasteiger partial charge on any atom is 0.239 e. The molecule has 23 nitrogen and oxygen atoms in total. The third kappa shape index (κ3) is 8.83. The fraction of sp³-hybridized carbons (Fsp3) is 0.615. The molecular weight excluding hydrogens is 836 g/mol. The molecule has 0 aliphatic carbocycles. The van der Waals surface area contributed by atoms with E-state index in [2.05, 4.69) is 0 Å². The molecule has 3 aromatic rings. The van der Waals surface area contributed by atoms with Crippen LogP contribution in [0.4, 0.5) is 0 Å². The van der Waals surface area contributed by atoms with E-state index in [0.29, 0.717) is 0 Å². The summed E-state index contributed by atoms with van der Waals surface area (Å²) in [5, 5.41) is 137. The van der Waals surface area contributed by atoms with Crippen LogP contribution in [-0.2, 0) is 28.4 Å². The number of hydrogen-bond donors (Lipinski definition) is 13. The first-order chi connectivity index (χ1) is 29.3. The van der Waals surface area contributed by atoms with E-state index in [4.69, 9.17) is 42.3 Å². The molecule has 0 radical (unpaired) electrons. The van der Waals surface area contributed by atoms with Gasteiger partial charge < -0.3 is 109 Å². The minimum atomic E-state index is -2.06. The van der Waals surface area contributed by atoms with Gasteiger partial charge >= 0.3 is 0 Å². The number of benzene rings is 2. The van der Waals surface area contributed by atoms with E-state index in [0.717, 1.165) is 12.1 Å². The third-order valence-corrected chi connectivity index (χ3v) is 11.3. The summed E-state index contributed by atoms with van der Waals surface area (Å²) in [4.78, 5) is 14.5. The van der Waals surface area contributed by atoms with Crippen LogP contribution in [0, 0.1) is 0 Å². The molecule has 5 unspecified atom stereocenters. The fourth-order valence-electron chi connectivity index (χ4n) is 7.50. The van der Waals surface area contributed by atoms with Gasteiger partial charge in [0, 0.05) is 17.7 Å². The Balaban J connectivity index is 1.27. The van der Waals surface area contributed by atoms with E-state index in [1.165, 1.54) is 45.0 Å². The first-order valence-corrected chi connectivity index (χ1v) is 19.6. The van der Waals surface area contributed by atoms with Crippen molar-refractivity contribution in [2.24, 2.45) is 0 Å². The van der Waals surface area contributed by atoms with Gasteiger partial charge in [-0.25, -0.2) is 0 Å². The molecule has 13 N–H and O–H groups in total. The Morgan fingerprint density at radius 3 is 1.69 bits per heavy atom. The predicted octanol–water partition coefficient (Wildman–Crippen LogP) is -4.04. The van der Waals surface area contributed by atoms with E-state index < -0.39 is 158 Å². The van der Waals surface area contributed by atoms with Crippen molar-refractivity contribution in [3.05, 3.63) is 46.6 Å². The van der Waals surface area contributed by atoms with Gasteiger partial charge in [-0.05, 0) is 45.0 Å². The van der Waals surface area contributed by atoms with Crippen LogP contribution >= 0.6 is 0 Å². The number of hydrogen-bond acceptors (Lipinski definition) is 23. The van der Waals surface area contributed by atoms with Gasteiger partial charge in [-0.2, -0.15) is 0 Å². The van der Waals surface area contributed by atoms with Crippen LogP contribution in [0.1, 0.15) is 20.8 Å². The zero-order chi connectivity index (χ0) is 45.1. The molecular formula is C39H50O23. The summed E-state index contributed by atoms with van der Waals surface area (Å²) >= 11 is 0. The number of phenolic OH excluding ortho intramolecular Hbond substituents is 2. The molecule has 0 amide bonds. The number of aromatic hydroxyl groups is 2. The lowest BCUT2D eigenvalue weighted by Crippen LogP contribution is -2.65. The summed E-state index contributed by atoms with van der Waals surface area (Å²) in [6, 6.07) is 7.21. The van der Waals surface area contributed by atoms with Crippen LogP contribution in [-0.4, -0.2) is 196 Å². The van der Waals surface area contributed by atoms with Crippen LogP contribution in [0.15, 0.2) is 45.6 Å². The normalized spacial score (nSPS) is 41.5. The quantitative estimate of drug-likeness (QED) is 0.0921. The first-order valence-electron chi connectivity index (χ1n) is 19.6. The summed E-state index contributed by atoms with van der Waals surface area (Å²) < 4.78 is 52.0. The molecule has 1 aromatic heterocycles. The van der Waals surface area contributed by atoms with Gasteiger partial charge in [0.05, 0.1) is 24.9 Å². The zero-order valence-electron chi connectivity index (χ0n) is 33.1. The summed E-state index contributed by atoms with van der Waals surface area (Å²) in [6.45, 7) is 3.47. The average molecular weight is 887 g/mol. The molecule has 5 heterocycles. The van der Waals surface area contributed by atoms with Crippen LogP contribution < -0.4 is 14.9 Å². The second kappa shape index (κ2) is 18.3. The molecule has 20 atom stereocenters. The highest BCUT2D eigenvalue weighted by molar-refractivity contribution is 5.88. The molecule has 62 heavy (non-hydrogen) atoms. The van der Waals surface area contributed by atoms with Crippen molar-refractivity contribution in [2.45, 2.75) is 144 Å². The van der Waals surface area contributed by atoms with Crippen molar-refractivity contribution in [3.8, 4) is 34.3 Å². The molecule has 7 rings (SSSR count). The minimum Gasteiger partial charge on any atom is -0.508 e. The van der Waals surface area contributed by atoms with E-state index in [-0.39, 0.29) is 22.6 Å². The van der Waals surface area contributed by atoms with Gasteiger partial charge in [0.2, 0.25) is 23.8 Å². The number of phenols is 2. The monoisotopic (exact) mass is 886 g/mol. The fourth-order valence-corrected chi connectivity index (χ4v) is 7.50. The van der Waals surface area contributed by atoms with Crippen molar-refractivity contribution in [3.63, 3.8) is 0 Å². The Kier molecular flexibility index (Phi) is 13.7. The summed E-state index contributed by atoms with van der Waals surface area (Å²) in [7, 11) is 0. The number of aliphatic hydroxyl groups excluding tert-OH is 11. The van der Waals surface area contributed by atoms with Crippen LogP contribution in [0.3, 0.4) is 0 Å². The van der Waals surface area contributed by atoms with Crippen LogP contribution in [0.2, 0.25) is 0 Å². The molecule has 4 fully saturated rings. The Morgan fingerprint density at radius 2 is 1.10 bits per heavy atom. The molecule has 0 spiro atoms. The Morgan fingerprint density at radius 1 is 0.565 bits per heavy atom. The van der Waals surface area contributed by atoms with E-state index >= 15 is 0 Å². The van der Waals surface area contributed by atoms with E-state index in [9.17, 15) is 71.2 Å². The number of fused-ring (bicyclic) bond motifs is 1. The van der Waals surface area contributed by atoms with Crippen molar-refractivity contribution in [1.82, 2.24) is 0 Å². The maximum absolute atomic E-state index is 14.5. The van der Waals surface area contributed by atoms with Crippen LogP contribution in [0.5, 0.6) is 23.0 Å². The maximum atomic E-state index is 14.5. The van der Waals surface area contributed by atoms with Crippen molar-refractivity contribution in [1.29, 1.82) is 0 Å². The standard InChI is InChI=1S/C39H50O23/c1-11-21(42)26(47)30(51)36(55-11)54-10-19-24(45)29(50)35(62-38-32(53)28(49)23(44)13(3)57-38)39(60-19)61-34-25(46)20-17(41)8-16(58-37-31(52)27(48)22(43)12(2)56-37)9-18(20)59-33(34)14-4-6-15(40)7-5-14/h4-9,11-13,19,21-24,26-32,35-45,47-53H,10H2,1-3H3/t11-,12-,13+,19+,21+,22+,23-,24?,26?,27?,28?,29+,30+,31+,32-,35?,36-,37+,38-,39+/m1/s1. The van der Waals surface area contributed by atoms with E-state index in [1.807, 2.05) is 0 Å². The lowest BCUT2D eigenvalue weighted by atomic mass is 9.97. The molecule has 4 aliphatic rings. The highest BCUT2D eigenvalue weighted by Crippen LogP contribution is 2.39. The minimum absolute atomic E-state index is 0.0728. The van der Waals surface area contributed by atoms with Gasteiger partial charge in [-0.3, -0.25) is 4.79 Å². The topological polar surface area (TPSA) is 367 Å². The van der Waals surface area contributed by atoms with Crippen molar-refractivity contribution >= 4 is 11.0 Å². The molecule has 2 aromatic carbocycles. The summed E-state index contributed by atoms with van der Waals surface area (Å²) in [6.07, 6.45) is -32.8. The van der Waals surface area contributed by atoms with Gasteiger partial charge in [0.1, 0.15) is 101 Å². The molecule has 0 saturated carbocycles.